The summed E-state index contributed by atoms with van der Waals surface area (Å²) in [6, 6.07) is 11.6. The molecule has 0 unspecified atom stereocenters. The number of benzene rings is 2. The number of halogens is 3. The number of hydrogen-bond acceptors (Lipinski definition) is 1. The summed E-state index contributed by atoms with van der Waals surface area (Å²) in [7, 11) is 0. The number of hydrogen-bond donors (Lipinski definition) is 0. The second-order valence-electron chi connectivity index (χ2n) is 5.01. The van der Waals surface area contributed by atoms with Gasteiger partial charge in [-0.3, -0.25) is 0 Å². The molecule has 0 atom stereocenters. The van der Waals surface area contributed by atoms with Crippen molar-refractivity contribution in [3.63, 3.8) is 0 Å². The van der Waals surface area contributed by atoms with Crippen LogP contribution in [0, 0.1) is 11.6 Å². The fourth-order valence-electron chi connectivity index (χ4n) is 2.32. The summed E-state index contributed by atoms with van der Waals surface area (Å²) in [5.41, 5.74) is 1.55. The first-order valence-corrected chi connectivity index (χ1v) is 7.59. The first-order valence-electron chi connectivity index (χ1n) is 6.80. The summed E-state index contributed by atoms with van der Waals surface area (Å²) >= 11 is 3.44. The molecule has 0 aliphatic rings. The Balaban J connectivity index is 1.83. The third-order valence-electron chi connectivity index (χ3n) is 3.41. The van der Waals surface area contributed by atoms with Gasteiger partial charge in [0.1, 0.15) is 17.5 Å². The van der Waals surface area contributed by atoms with Gasteiger partial charge in [-0.25, -0.2) is 13.8 Å². The van der Waals surface area contributed by atoms with E-state index >= 15 is 0 Å². The lowest BCUT2D eigenvalue weighted by molar-refractivity contribution is 0.572. The lowest BCUT2D eigenvalue weighted by Gasteiger charge is -2.09. The lowest BCUT2D eigenvalue weighted by Crippen LogP contribution is -2.06. The second kappa shape index (κ2) is 6.40. The molecule has 2 aromatic carbocycles. The molecule has 0 bridgehead atoms. The van der Waals surface area contributed by atoms with Crippen LogP contribution >= 0.6 is 15.9 Å². The van der Waals surface area contributed by atoms with Crippen molar-refractivity contribution in [2.75, 3.05) is 0 Å². The highest BCUT2D eigenvalue weighted by molar-refractivity contribution is 9.10. The van der Waals surface area contributed by atoms with E-state index in [0.29, 0.717) is 18.5 Å². The highest BCUT2D eigenvalue weighted by atomic mass is 79.9. The van der Waals surface area contributed by atoms with Crippen LogP contribution in [-0.2, 0) is 13.0 Å². The molecule has 0 fully saturated rings. The zero-order valence-electron chi connectivity index (χ0n) is 11.6. The molecule has 3 rings (SSSR count). The van der Waals surface area contributed by atoms with Gasteiger partial charge < -0.3 is 4.57 Å². The Bertz CT molecular complexity index is 799. The summed E-state index contributed by atoms with van der Waals surface area (Å²) < 4.78 is 29.7. The van der Waals surface area contributed by atoms with Crippen LogP contribution in [0.3, 0.4) is 0 Å². The SMILES string of the molecule is Fc1ccc(Cc2nccn2Cc2cccc(Br)c2)c(F)c1. The molecule has 0 saturated carbocycles. The van der Waals surface area contributed by atoms with Gasteiger partial charge in [0.2, 0.25) is 0 Å². The molecule has 0 spiro atoms. The quantitative estimate of drug-likeness (QED) is 0.664. The van der Waals surface area contributed by atoms with E-state index in [4.69, 9.17) is 0 Å². The maximum absolute atomic E-state index is 13.8. The maximum Gasteiger partial charge on any atom is 0.129 e. The van der Waals surface area contributed by atoms with Gasteiger partial charge in [-0.15, -0.1) is 0 Å². The predicted molar refractivity (Wildman–Crippen MR) is 84.6 cm³/mol. The second-order valence-corrected chi connectivity index (χ2v) is 5.93. The van der Waals surface area contributed by atoms with E-state index in [1.165, 1.54) is 12.1 Å². The molecule has 112 valence electrons. The molecular weight excluding hydrogens is 350 g/mol. The molecule has 1 aromatic heterocycles. The molecule has 5 heteroatoms. The van der Waals surface area contributed by atoms with E-state index in [9.17, 15) is 8.78 Å². The lowest BCUT2D eigenvalue weighted by atomic mass is 10.1. The van der Waals surface area contributed by atoms with Crippen molar-refractivity contribution in [3.05, 3.63) is 87.9 Å². The van der Waals surface area contributed by atoms with E-state index in [1.54, 1.807) is 6.20 Å². The van der Waals surface area contributed by atoms with Crippen molar-refractivity contribution < 1.29 is 8.78 Å². The molecule has 0 aliphatic heterocycles. The number of imidazole rings is 1. The van der Waals surface area contributed by atoms with E-state index in [-0.39, 0.29) is 0 Å². The van der Waals surface area contributed by atoms with Gasteiger partial charge in [0.25, 0.3) is 0 Å². The minimum Gasteiger partial charge on any atom is -0.330 e. The summed E-state index contributed by atoms with van der Waals surface area (Å²) in [6.07, 6.45) is 3.87. The Hall–Kier alpha value is -2.01. The Morgan fingerprint density at radius 2 is 1.95 bits per heavy atom. The molecule has 2 nitrogen and oxygen atoms in total. The van der Waals surface area contributed by atoms with E-state index in [1.807, 2.05) is 35.0 Å². The largest absolute Gasteiger partial charge is 0.330 e. The normalized spacial score (nSPS) is 10.9. The number of rotatable bonds is 4. The molecule has 1 heterocycles. The van der Waals surface area contributed by atoms with Crippen molar-refractivity contribution >= 4 is 15.9 Å². The van der Waals surface area contributed by atoms with Gasteiger partial charge in [0, 0.05) is 35.9 Å². The fraction of sp³-hybridized carbons (Fsp3) is 0.118. The molecule has 0 amide bonds. The molecular formula is C17H13BrF2N2. The van der Waals surface area contributed by atoms with Gasteiger partial charge in [-0.05, 0) is 29.3 Å². The van der Waals surface area contributed by atoms with Crippen LogP contribution < -0.4 is 0 Å². The van der Waals surface area contributed by atoms with Crippen molar-refractivity contribution in [1.29, 1.82) is 0 Å². The molecule has 0 radical (unpaired) electrons. The molecule has 0 saturated heterocycles. The Labute approximate surface area is 135 Å². The minimum absolute atomic E-state index is 0.327. The zero-order valence-corrected chi connectivity index (χ0v) is 13.2. The standard InChI is InChI=1S/C17H13BrF2N2/c18-14-3-1-2-12(8-14)11-22-7-6-21-17(22)9-13-4-5-15(19)10-16(13)20/h1-8,10H,9,11H2. The summed E-state index contributed by atoms with van der Waals surface area (Å²) in [5, 5.41) is 0. The third-order valence-corrected chi connectivity index (χ3v) is 3.90. The van der Waals surface area contributed by atoms with E-state index in [2.05, 4.69) is 20.9 Å². The van der Waals surface area contributed by atoms with Gasteiger partial charge in [-0.2, -0.15) is 0 Å². The summed E-state index contributed by atoms with van der Waals surface area (Å²) in [4.78, 5) is 4.28. The Kier molecular flexibility index (Phi) is 4.34. The molecule has 0 aliphatic carbocycles. The molecule has 22 heavy (non-hydrogen) atoms. The monoisotopic (exact) mass is 362 g/mol. The van der Waals surface area contributed by atoms with Gasteiger partial charge in [0.15, 0.2) is 0 Å². The summed E-state index contributed by atoms with van der Waals surface area (Å²) in [5.74, 6) is -0.374. The van der Waals surface area contributed by atoms with Crippen molar-refractivity contribution in [2.45, 2.75) is 13.0 Å². The van der Waals surface area contributed by atoms with E-state index in [0.717, 1.165) is 21.9 Å². The number of nitrogens with zero attached hydrogens (tertiary/aromatic N) is 2. The Morgan fingerprint density at radius 1 is 1.09 bits per heavy atom. The minimum atomic E-state index is -0.571. The van der Waals surface area contributed by atoms with Gasteiger partial charge in [0.05, 0.1) is 0 Å². The van der Waals surface area contributed by atoms with Gasteiger partial charge >= 0.3 is 0 Å². The average molecular weight is 363 g/mol. The van der Waals surface area contributed by atoms with Crippen molar-refractivity contribution in [2.24, 2.45) is 0 Å². The van der Waals surface area contributed by atoms with Crippen LogP contribution in [-0.4, -0.2) is 9.55 Å². The predicted octanol–water partition coefficient (Wildman–Crippen LogP) is 4.56. The fourth-order valence-corrected chi connectivity index (χ4v) is 2.77. The average Bonchev–Trinajstić information content (AvgIpc) is 2.89. The van der Waals surface area contributed by atoms with E-state index < -0.39 is 11.6 Å². The van der Waals surface area contributed by atoms with Crippen LogP contribution in [0.15, 0.2) is 59.3 Å². The topological polar surface area (TPSA) is 17.8 Å². The van der Waals surface area contributed by atoms with Crippen LogP contribution in [0.1, 0.15) is 17.0 Å². The first kappa shape index (κ1) is 14.9. The van der Waals surface area contributed by atoms with Gasteiger partial charge in [-0.1, -0.05) is 34.1 Å². The summed E-state index contributed by atoms with van der Waals surface area (Å²) in [6.45, 7) is 0.650. The van der Waals surface area contributed by atoms with Crippen LogP contribution in [0.5, 0.6) is 0 Å². The highest BCUT2D eigenvalue weighted by Crippen LogP contribution is 2.16. The zero-order chi connectivity index (χ0) is 15.5. The first-order chi connectivity index (χ1) is 10.6. The van der Waals surface area contributed by atoms with Crippen LogP contribution in [0.4, 0.5) is 8.78 Å². The Morgan fingerprint density at radius 3 is 2.73 bits per heavy atom. The molecule has 3 aromatic rings. The third kappa shape index (κ3) is 3.42. The smallest absolute Gasteiger partial charge is 0.129 e. The van der Waals surface area contributed by atoms with Crippen LogP contribution in [0.25, 0.3) is 0 Å². The number of aromatic nitrogens is 2. The molecule has 0 N–H and O–H groups in total. The van der Waals surface area contributed by atoms with Crippen molar-refractivity contribution in [1.82, 2.24) is 9.55 Å². The van der Waals surface area contributed by atoms with Crippen molar-refractivity contribution in [3.8, 4) is 0 Å². The van der Waals surface area contributed by atoms with Crippen LogP contribution in [0.2, 0.25) is 0 Å². The highest BCUT2D eigenvalue weighted by Gasteiger charge is 2.09. The maximum atomic E-state index is 13.8.